The maximum absolute atomic E-state index is 11.9. The summed E-state index contributed by atoms with van der Waals surface area (Å²) in [6.45, 7) is 2.87. The lowest BCUT2D eigenvalue weighted by Crippen LogP contribution is -2.28. The number of benzene rings is 2. The topological polar surface area (TPSA) is 38.3 Å². The lowest BCUT2D eigenvalue weighted by Gasteiger charge is -2.08. The van der Waals surface area contributed by atoms with E-state index in [0.29, 0.717) is 28.2 Å². The van der Waals surface area contributed by atoms with E-state index in [-0.39, 0.29) is 5.91 Å². The molecule has 0 atom stereocenters. The highest BCUT2D eigenvalue weighted by Gasteiger charge is 2.07. The molecule has 2 aromatic carbocycles. The van der Waals surface area contributed by atoms with Crippen molar-refractivity contribution >= 4 is 33.4 Å². The Morgan fingerprint density at radius 2 is 2.10 bits per heavy atom. The van der Waals surface area contributed by atoms with Gasteiger partial charge in [-0.25, -0.2) is 0 Å². The number of nitrogens with one attached hydrogen (secondary N) is 1. The van der Waals surface area contributed by atoms with Crippen LogP contribution in [0, 0.1) is 6.92 Å². The number of hydrogen-bond acceptors (Lipinski definition) is 2. The molecule has 2 rings (SSSR count). The normalized spacial score (nSPS) is 10.2. The van der Waals surface area contributed by atoms with E-state index in [9.17, 15) is 4.79 Å². The molecule has 0 unspecified atom stereocenters. The van der Waals surface area contributed by atoms with E-state index in [2.05, 4.69) is 21.2 Å². The van der Waals surface area contributed by atoms with Crippen LogP contribution in [0.2, 0.25) is 5.02 Å². The molecule has 3 nitrogen and oxygen atoms in total. The Labute approximate surface area is 137 Å². The third-order valence-electron chi connectivity index (χ3n) is 2.83. The second-order valence-corrected chi connectivity index (χ2v) is 5.81. The molecule has 1 N–H and O–H groups in total. The van der Waals surface area contributed by atoms with Crippen molar-refractivity contribution < 1.29 is 9.53 Å². The molecule has 0 saturated carbocycles. The first kappa shape index (κ1) is 15.9. The highest BCUT2D eigenvalue weighted by atomic mass is 79.9. The quantitative estimate of drug-likeness (QED) is 0.803. The van der Waals surface area contributed by atoms with Crippen LogP contribution in [0.15, 0.2) is 46.9 Å². The smallest absolute Gasteiger partial charge is 0.251 e. The Bertz CT molecular complexity index is 646. The minimum Gasteiger partial charge on any atom is -0.492 e. The summed E-state index contributed by atoms with van der Waals surface area (Å²) in [6.07, 6.45) is 0. The standard InChI is InChI=1S/C16H15BrClNO2/c1-11-3-2-4-13(9-11)21-8-7-19-16(20)12-5-6-15(18)14(17)10-12/h2-6,9-10H,7-8H2,1H3,(H,19,20). The SMILES string of the molecule is Cc1cccc(OCCNC(=O)c2ccc(Cl)c(Br)c2)c1. The third kappa shape index (κ3) is 4.76. The van der Waals surface area contributed by atoms with Crippen molar-refractivity contribution in [2.24, 2.45) is 0 Å². The highest BCUT2D eigenvalue weighted by molar-refractivity contribution is 9.10. The van der Waals surface area contributed by atoms with Crippen molar-refractivity contribution in [2.45, 2.75) is 6.92 Å². The Kier molecular flexibility index (Phi) is 5.65. The third-order valence-corrected chi connectivity index (χ3v) is 4.04. The number of carbonyl (C=O) groups is 1. The van der Waals surface area contributed by atoms with Crippen LogP contribution in [0.3, 0.4) is 0 Å². The Morgan fingerprint density at radius 3 is 2.81 bits per heavy atom. The lowest BCUT2D eigenvalue weighted by molar-refractivity contribution is 0.0947. The minimum absolute atomic E-state index is 0.153. The van der Waals surface area contributed by atoms with E-state index < -0.39 is 0 Å². The van der Waals surface area contributed by atoms with Gasteiger partial charge >= 0.3 is 0 Å². The van der Waals surface area contributed by atoms with Gasteiger partial charge in [0.25, 0.3) is 5.91 Å². The number of halogens is 2. The molecule has 110 valence electrons. The van der Waals surface area contributed by atoms with Gasteiger partial charge in [-0.05, 0) is 58.7 Å². The first-order chi connectivity index (χ1) is 10.1. The van der Waals surface area contributed by atoms with E-state index in [1.54, 1.807) is 18.2 Å². The Morgan fingerprint density at radius 1 is 1.29 bits per heavy atom. The molecule has 2 aromatic rings. The van der Waals surface area contributed by atoms with Crippen molar-refractivity contribution in [3.8, 4) is 5.75 Å². The molecule has 0 bridgehead atoms. The number of rotatable bonds is 5. The summed E-state index contributed by atoms with van der Waals surface area (Å²) >= 11 is 9.19. The van der Waals surface area contributed by atoms with Crippen LogP contribution >= 0.6 is 27.5 Å². The van der Waals surface area contributed by atoms with Gasteiger partial charge in [0.05, 0.1) is 11.6 Å². The van der Waals surface area contributed by atoms with Gasteiger partial charge in [-0.3, -0.25) is 4.79 Å². The van der Waals surface area contributed by atoms with Crippen molar-refractivity contribution in [1.82, 2.24) is 5.32 Å². The summed E-state index contributed by atoms with van der Waals surface area (Å²) < 4.78 is 6.27. The van der Waals surface area contributed by atoms with E-state index >= 15 is 0 Å². The fourth-order valence-electron chi connectivity index (χ4n) is 1.78. The van der Waals surface area contributed by atoms with Gasteiger partial charge in [-0.2, -0.15) is 0 Å². The fourth-order valence-corrected chi connectivity index (χ4v) is 2.27. The van der Waals surface area contributed by atoms with Gasteiger partial charge in [-0.15, -0.1) is 0 Å². The van der Waals surface area contributed by atoms with Crippen LogP contribution in [-0.4, -0.2) is 19.1 Å². The molecule has 0 radical (unpaired) electrons. The Hall–Kier alpha value is -1.52. The van der Waals surface area contributed by atoms with Crippen molar-refractivity contribution in [3.63, 3.8) is 0 Å². The lowest BCUT2D eigenvalue weighted by atomic mass is 10.2. The molecule has 0 aromatic heterocycles. The Balaban J connectivity index is 1.80. The molecule has 0 spiro atoms. The molecule has 1 amide bonds. The summed E-state index contributed by atoms with van der Waals surface area (Å²) in [5.41, 5.74) is 1.70. The molecule has 0 fully saturated rings. The first-order valence-corrected chi connectivity index (χ1v) is 7.66. The highest BCUT2D eigenvalue weighted by Crippen LogP contribution is 2.23. The van der Waals surface area contributed by atoms with Crippen LogP contribution in [0.25, 0.3) is 0 Å². The number of ether oxygens (including phenoxy) is 1. The van der Waals surface area contributed by atoms with Gasteiger partial charge in [0.15, 0.2) is 0 Å². The maximum Gasteiger partial charge on any atom is 0.251 e. The zero-order valence-electron chi connectivity index (χ0n) is 11.5. The summed E-state index contributed by atoms with van der Waals surface area (Å²) in [7, 11) is 0. The molecule has 0 aliphatic heterocycles. The number of amides is 1. The summed E-state index contributed by atoms with van der Waals surface area (Å²) in [5.74, 6) is 0.652. The minimum atomic E-state index is -0.153. The predicted molar refractivity (Wildman–Crippen MR) is 88.2 cm³/mol. The van der Waals surface area contributed by atoms with E-state index in [0.717, 1.165) is 11.3 Å². The number of hydrogen-bond donors (Lipinski definition) is 1. The zero-order chi connectivity index (χ0) is 15.2. The predicted octanol–water partition coefficient (Wildman–Crippen LogP) is 4.22. The zero-order valence-corrected chi connectivity index (χ0v) is 13.9. The van der Waals surface area contributed by atoms with Crippen molar-refractivity contribution in [3.05, 3.63) is 63.1 Å². The van der Waals surface area contributed by atoms with Crippen molar-refractivity contribution in [1.29, 1.82) is 0 Å². The summed E-state index contributed by atoms with van der Waals surface area (Å²) in [4.78, 5) is 11.9. The number of aryl methyl sites for hydroxylation is 1. The molecule has 0 aliphatic rings. The average Bonchev–Trinajstić information content (AvgIpc) is 2.46. The van der Waals surface area contributed by atoms with Crippen molar-refractivity contribution in [2.75, 3.05) is 13.2 Å². The molecular weight excluding hydrogens is 354 g/mol. The van der Waals surface area contributed by atoms with Crippen LogP contribution in [0.5, 0.6) is 5.75 Å². The van der Waals surface area contributed by atoms with Gasteiger partial charge in [0.2, 0.25) is 0 Å². The monoisotopic (exact) mass is 367 g/mol. The molecule has 0 saturated heterocycles. The summed E-state index contributed by atoms with van der Waals surface area (Å²) in [6, 6.07) is 12.9. The van der Waals surface area contributed by atoms with Crippen LogP contribution in [0.4, 0.5) is 0 Å². The van der Waals surface area contributed by atoms with E-state index in [4.69, 9.17) is 16.3 Å². The fraction of sp³-hybridized carbons (Fsp3) is 0.188. The van der Waals surface area contributed by atoms with Crippen LogP contribution in [0.1, 0.15) is 15.9 Å². The molecule has 21 heavy (non-hydrogen) atoms. The number of carbonyl (C=O) groups excluding carboxylic acids is 1. The molecular formula is C16H15BrClNO2. The van der Waals surface area contributed by atoms with E-state index in [1.165, 1.54) is 0 Å². The second kappa shape index (κ2) is 7.48. The second-order valence-electron chi connectivity index (χ2n) is 4.55. The van der Waals surface area contributed by atoms with Crippen LogP contribution < -0.4 is 10.1 Å². The van der Waals surface area contributed by atoms with E-state index in [1.807, 2.05) is 31.2 Å². The molecule has 0 aliphatic carbocycles. The average molecular weight is 369 g/mol. The molecule has 5 heteroatoms. The summed E-state index contributed by atoms with van der Waals surface area (Å²) in [5, 5.41) is 3.38. The van der Waals surface area contributed by atoms with Gasteiger partial charge in [0, 0.05) is 10.0 Å². The van der Waals surface area contributed by atoms with Crippen LogP contribution in [-0.2, 0) is 0 Å². The van der Waals surface area contributed by atoms with Gasteiger partial charge in [0.1, 0.15) is 12.4 Å². The first-order valence-electron chi connectivity index (χ1n) is 6.49. The maximum atomic E-state index is 11.9. The largest absolute Gasteiger partial charge is 0.492 e. The van der Waals surface area contributed by atoms with Gasteiger partial charge < -0.3 is 10.1 Å². The van der Waals surface area contributed by atoms with Gasteiger partial charge in [-0.1, -0.05) is 23.7 Å². The molecule has 0 heterocycles.